The smallest absolute Gasteiger partial charge is 0.264 e. The van der Waals surface area contributed by atoms with Gasteiger partial charge in [0, 0.05) is 12.6 Å². The number of nitrogens with one attached hydrogen (secondary N) is 1. The average molecular weight is 435 g/mol. The van der Waals surface area contributed by atoms with Crippen molar-refractivity contribution in [1.82, 2.24) is 4.72 Å². The molecule has 0 bridgehead atoms. The molecule has 6 nitrogen and oxygen atoms in total. The third kappa shape index (κ3) is 4.20. The molecular weight excluding hydrogens is 408 g/mol. The molecule has 0 spiro atoms. The highest BCUT2D eigenvalue weighted by Crippen LogP contribution is 2.32. The summed E-state index contributed by atoms with van der Waals surface area (Å²) in [6, 6.07) is 13.0. The molecule has 29 heavy (non-hydrogen) atoms. The first kappa shape index (κ1) is 20.4. The summed E-state index contributed by atoms with van der Waals surface area (Å²) in [6.45, 7) is 0.419. The third-order valence-electron chi connectivity index (χ3n) is 5.72. The number of nitrogens with zero attached hydrogens (tertiary/aromatic N) is 1. The summed E-state index contributed by atoms with van der Waals surface area (Å²) in [6.07, 6.45) is 6.51. The molecule has 1 N–H and O–H groups in total. The minimum absolute atomic E-state index is 0.0398. The van der Waals surface area contributed by atoms with Gasteiger partial charge in [-0.15, -0.1) is 0 Å². The van der Waals surface area contributed by atoms with Crippen LogP contribution < -0.4 is 9.03 Å². The largest absolute Gasteiger partial charge is 0.266 e. The number of benzene rings is 2. The zero-order valence-corrected chi connectivity index (χ0v) is 17.9. The van der Waals surface area contributed by atoms with Gasteiger partial charge in [0.1, 0.15) is 0 Å². The SMILES string of the molecule is O=S(=O)(NC1CCCCC1)c1ccc(S(=O)(=O)N2CCCc3ccccc32)cc1. The Kier molecular flexibility index (Phi) is 5.68. The molecule has 4 rings (SSSR count). The van der Waals surface area contributed by atoms with E-state index in [9.17, 15) is 16.8 Å². The Morgan fingerprint density at radius 1 is 0.793 bits per heavy atom. The minimum atomic E-state index is -3.75. The highest BCUT2D eigenvalue weighted by atomic mass is 32.2. The quantitative estimate of drug-likeness (QED) is 0.781. The van der Waals surface area contributed by atoms with Gasteiger partial charge in [-0.1, -0.05) is 37.5 Å². The zero-order valence-electron chi connectivity index (χ0n) is 16.2. The Labute approximate surface area is 173 Å². The van der Waals surface area contributed by atoms with Crippen molar-refractivity contribution in [2.45, 2.75) is 60.8 Å². The fourth-order valence-electron chi connectivity index (χ4n) is 4.17. The van der Waals surface area contributed by atoms with E-state index in [1.54, 1.807) is 0 Å². The van der Waals surface area contributed by atoms with Crippen molar-refractivity contribution in [1.29, 1.82) is 0 Å². The predicted molar refractivity (Wildman–Crippen MR) is 113 cm³/mol. The van der Waals surface area contributed by atoms with Gasteiger partial charge >= 0.3 is 0 Å². The summed E-state index contributed by atoms with van der Waals surface area (Å²) >= 11 is 0. The van der Waals surface area contributed by atoms with Crippen LogP contribution in [0.2, 0.25) is 0 Å². The lowest BCUT2D eigenvalue weighted by atomic mass is 9.96. The number of para-hydroxylation sites is 1. The van der Waals surface area contributed by atoms with Crippen molar-refractivity contribution in [3.05, 3.63) is 54.1 Å². The summed E-state index contributed by atoms with van der Waals surface area (Å²) in [4.78, 5) is 0.201. The van der Waals surface area contributed by atoms with Crippen LogP contribution >= 0.6 is 0 Å². The molecular formula is C21H26N2O4S2. The minimum Gasteiger partial charge on any atom is -0.266 e. The number of anilines is 1. The Balaban J connectivity index is 1.57. The monoisotopic (exact) mass is 434 g/mol. The van der Waals surface area contributed by atoms with E-state index in [1.165, 1.54) is 28.6 Å². The van der Waals surface area contributed by atoms with Gasteiger partial charge in [-0.05, 0) is 61.6 Å². The van der Waals surface area contributed by atoms with Crippen LogP contribution in [0.25, 0.3) is 0 Å². The average Bonchev–Trinajstić information content (AvgIpc) is 2.74. The standard InChI is InChI=1S/C21H26N2O4S2/c24-28(25,22-18-9-2-1-3-10-18)19-12-14-20(15-13-19)29(26,27)23-16-6-8-17-7-4-5-11-21(17)23/h4-5,7,11-15,18,22H,1-3,6,8-10,16H2. The van der Waals surface area contributed by atoms with Crippen LogP contribution in [0.3, 0.4) is 0 Å². The molecule has 1 aliphatic heterocycles. The van der Waals surface area contributed by atoms with E-state index in [0.29, 0.717) is 12.2 Å². The molecule has 2 aromatic rings. The number of hydrogen-bond acceptors (Lipinski definition) is 4. The van der Waals surface area contributed by atoms with E-state index < -0.39 is 20.0 Å². The van der Waals surface area contributed by atoms with E-state index in [-0.39, 0.29) is 15.8 Å². The lowest BCUT2D eigenvalue weighted by Crippen LogP contribution is -2.36. The van der Waals surface area contributed by atoms with E-state index >= 15 is 0 Å². The van der Waals surface area contributed by atoms with Crippen LogP contribution in [-0.2, 0) is 26.5 Å². The van der Waals surface area contributed by atoms with Gasteiger partial charge in [0.15, 0.2) is 0 Å². The number of hydrogen-bond donors (Lipinski definition) is 1. The molecule has 1 fully saturated rings. The van der Waals surface area contributed by atoms with Gasteiger partial charge in [-0.25, -0.2) is 21.6 Å². The molecule has 0 amide bonds. The topological polar surface area (TPSA) is 83.5 Å². The summed E-state index contributed by atoms with van der Waals surface area (Å²) < 4.78 is 55.9. The second-order valence-electron chi connectivity index (χ2n) is 7.74. The van der Waals surface area contributed by atoms with Gasteiger partial charge in [0.2, 0.25) is 10.0 Å². The van der Waals surface area contributed by atoms with Crippen molar-refractivity contribution >= 4 is 25.7 Å². The first-order valence-corrected chi connectivity index (χ1v) is 13.0. The molecule has 2 aliphatic rings. The van der Waals surface area contributed by atoms with E-state index in [2.05, 4.69) is 4.72 Å². The van der Waals surface area contributed by atoms with Crippen molar-refractivity contribution in [2.24, 2.45) is 0 Å². The van der Waals surface area contributed by atoms with Crippen LogP contribution in [-0.4, -0.2) is 29.4 Å². The van der Waals surface area contributed by atoms with Gasteiger partial charge in [0.05, 0.1) is 15.5 Å². The zero-order chi connectivity index (χ0) is 20.5. The highest BCUT2D eigenvalue weighted by Gasteiger charge is 2.29. The molecule has 1 heterocycles. The molecule has 1 saturated carbocycles. The molecule has 2 aromatic carbocycles. The normalized spacial score (nSPS) is 18.4. The van der Waals surface area contributed by atoms with Crippen LogP contribution in [0, 0.1) is 0 Å². The van der Waals surface area contributed by atoms with E-state index in [4.69, 9.17) is 0 Å². The summed E-state index contributed by atoms with van der Waals surface area (Å²) in [5.74, 6) is 0. The molecule has 8 heteroatoms. The molecule has 0 aromatic heterocycles. The molecule has 1 aliphatic carbocycles. The molecule has 0 atom stereocenters. The maximum atomic E-state index is 13.2. The third-order valence-corrected chi connectivity index (χ3v) is 9.08. The number of aryl methyl sites for hydroxylation is 1. The second kappa shape index (κ2) is 8.08. The maximum Gasteiger partial charge on any atom is 0.264 e. The van der Waals surface area contributed by atoms with E-state index in [0.717, 1.165) is 50.5 Å². The highest BCUT2D eigenvalue weighted by molar-refractivity contribution is 7.93. The van der Waals surface area contributed by atoms with Crippen LogP contribution in [0.1, 0.15) is 44.1 Å². The van der Waals surface area contributed by atoms with Crippen molar-refractivity contribution in [3.63, 3.8) is 0 Å². The fraction of sp³-hybridized carbons (Fsp3) is 0.429. The first-order chi connectivity index (χ1) is 13.9. The van der Waals surface area contributed by atoms with E-state index in [1.807, 2.05) is 24.3 Å². The van der Waals surface area contributed by atoms with Crippen LogP contribution in [0.5, 0.6) is 0 Å². The van der Waals surface area contributed by atoms with Crippen LogP contribution in [0.4, 0.5) is 5.69 Å². The molecule has 0 unspecified atom stereocenters. The fourth-order valence-corrected chi connectivity index (χ4v) is 7.02. The molecule has 156 valence electrons. The van der Waals surface area contributed by atoms with Crippen molar-refractivity contribution < 1.29 is 16.8 Å². The van der Waals surface area contributed by atoms with Gasteiger partial charge in [-0.2, -0.15) is 0 Å². The molecule has 0 radical (unpaired) electrons. The number of fused-ring (bicyclic) bond motifs is 1. The van der Waals surface area contributed by atoms with Crippen LogP contribution in [0.15, 0.2) is 58.3 Å². The second-order valence-corrected chi connectivity index (χ2v) is 11.3. The maximum absolute atomic E-state index is 13.2. The predicted octanol–water partition coefficient (Wildman–Crippen LogP) is 3.44. The summed E-state index contributed by atoms with van der Waals surface area (Å²) in [5.41, 5.74) is 1.72. The Hall–Kier alpha value is -1.90. The van der Waals surface area contributed by atoms with Gasteiger partial charge < -0.3 is 0 Å². The van der Waals surface area contributed by atoms with Gasteiger partial charge in [0.25, 0.3) is 10.0 Å². The Morgan fingerprint density at radius 2 is 1.45 bits per heavy atom. The van der Waals surface area contributed by atoms with Crippen molar-refractivity contribution in [2.75, 3.05) is 10.8 Å². The Morgan fingerprint density at radius 3 is 2.17 bits per heavy atom. The Bertz CT molecular complexity index is 1070. The summed E-state index contributed by atoms with van der Waals surface area (Å²) in [7, 11) is -7.40. The summed E-state index contributed by atoms with van der Waals surface area (Å²) in [5, 5.41) is 0. The van der Waals surface area contributed by atoms with Gasteiger partial charge in [-0.3, -0.25) is 4.31 Å². The lowest BCUT2D eigenvalue weighted by molar-refractivity contribution is 0.412. The van der Waals surface area contributed by atoms with Crippen molar-refractivity contribution in [3.8, 4) is 0 Å². The molecule has 0 saturated heterocycles. The lowest BCUT2D eigenvalue weighted by Gasteiger charge is -2.30. The first-order valence-electron chi connectivity index (χ1n) is 10.1. The number of sulfonamides is 2. The number of rotatable bonds is 5.